The largest absolute Gasteiger partial charge is 0.299 e. The summed E-state index contributed by atoms with van der Waals surface area (Å²) in [5.41, 5.74) is 0.703. The van der Waals surface area contributed by atoms with E-state index in [4.69, 9.17) is 0 Å². The Labute approximate surface area is 87.1 Å². The van der Waals surface area contributed by atoms with E-state index >= 15 is 0 Å². The van der Waals surface area contributed by atoms with Gasteiger partial charge in [0, 0.05) is 12.3 Å². The van der Waals surface area contributed by atoms with Gasteiger partial charge in [0.1, 0.15) is 5.78 Å². The Morgan fingerprint density at radius 3 is 2.67 bits per heavy atom. The Balaban J connectivity index is 2.10. The van der Waals surface area contributed by atoms with Gasteiger partial charge in [0.05, 0.1) is 0 Å². The molecule has 1 nitrogen and oxygen atoms in total. The summed E-state index contributed by atoms with van der Waals surface area (Å²) in [6.45, 7) is 0. The molecule has 1 fully saturated rings. The number of benzene rings is 1. The van der Waals surface area contributed by atoms with E-state index in [0.717, 1.165) is 18.9 Å². The van der Waals surface area contributed by atoms with Crippen LogP contribution in [0.4, 0.5) is 8.78 Å². The third-order valence-corrected chi connectivity index (χ3v) is 2.90. The molecule has 1 aliphatic carbocycles. The number of hydrogen-bond donors (Lipinski definition) is 0. The fraction of sp³-hybridized carbons (Fsp3) is 0.417. The van der Waals surface area contributed by atoms with Crippen LogP contribution in [-0.4, -0.2) is 5.78 Å². The van der Waals surface area contributed by atoms with Crippen LogP contribution in [0, 0.1) is 17.6 Å². The van der Waals surface area contributed by atoms with Crippen molar-refractivity contribution in [2.45, 2.75) is 25.7 Å². The highest BCUT2D eigenvalue weighted by Crippen LogP contribution is 2.25. The van der Waals surface area contributed by atoms with Gasteiger partial charge in [-0.1, -0.05) is 6.07 Å². The van der Waals surface area contributed by atoms with E-state index in [1.54, 1.807) is 6.07 Å². The fourth-order valence-corrected chi connectivity index (χ4v) is 2.05. The molecular formula is C12H12F2O. The van der Waals surface area contributed by atoms with Gasteiger partial charge in [-0.2, -0.15) is 0 Å². The van der Waals surface area contributed by atoms with Gasteiger partial charge in [0.25, 0.3) is 0 Å². The topological polar surface area (TPSA) is 17.1 Å². The summed E-state index contributed by atoms with van der Waals surface area (Å²) in [6.07, 6.45) is 2.97. The molecule has 0 aromatic heterocycles. The van der Waals surface area contributed by atoms with Crippen LogP contribution in [0.25, 0.3) is 0 Å². The van der Waals surface area contributed by atoms with Crippen molar-refractivity contribution in [3.8, 4) is 0 Å². The Kier molecular flexibility index (Phi) is 2.80. The van der Waals surface area contributed by atoms with Crippen molar-refractivity contribution in [2.75, 3.05) is 0 Å². The second kappa shape index (κ2) is 4.09. The molecule has 15 heavy (non-hydrogen) atoms. The number of carbonyl (C=O) groups is 1. The van der Waals surface area contributed by atoms with Crippen molar-refractivity contribution in [3.63, 3.8) is 0 Å². The predicted molar refractivity (Wildman–Crippen MR) is 52.4 cm³/mol. The average Bonchev–Trinajstić information content (AvgIpc) is 2.59. The van der Waals surface area contributed by atoms with Gasteiger partial charge in [0.15, 0.2) is 11.6 Å². The third kappa shape index (κ3) is 2.22. The number of ketones is 1. The Morgan fingerprint density at radius 1 is 1.27 bits per heavy atom. The maximum atomic E-state index is 12.9. The average molecular weight is 210 g/mol. The minimum Gasteiger partial charge on any atom is -0.299 e. The van der Waals surface area contributed by atoms with E-state index in [9.17, 15) is 13.6 Å². The molecular weight excluding hydrogens is 198 g/mol. The lowest BCUT2D eigenvalue weighted by Gasteiger charge is -2.07. The summed E-state index contributed by atoms with van der Waals surface area (Å²) >= 11 is 0. The Bertz CT molecular complexity index is 387. The summed E-state index contributed by atoms with van der Waals surface area (Å²) in [5, 5.41) is 0. The molecule has 3 heteroatoms. The highest BCUT2D eigenvalue weighted by atomic mass is 19.2. The number of rotatable bonds is 2. The van der Waals surface area contributed by atoms with Gasteiger partial charge < -0.3 is 0 Å². The second-order valence-corrected chi connectivity index (χ2v) is 4.01. The summed E-state index contributed by atoms with van der Waals surface area (Å²) in [7, 11) is 0. The van der Waals surface area contributed by atoms with Crippen molar-refractivity contribution in [3.05, 3.63) is 35.4 Å². The first-order valence-corrected chi connectivity index (χ1v) is 5.13. The number of carbonyl (C=O) groups excluding carboxylic acids is 1. The van der Waals surface area contributed by atoms with Gasteiger partial charge in [-0.25, -0.2) is 8.78 Å². The predicted octanol–water partition coefficient (Wildman–Crippen LogP) is 2.88. The van der Waals surface area contributed by atoms with Gasteiger partial charge >= 0.3 is 0 Å². The van der Waals surface area contributed by atoms with Crippen molar-refractivity contribution in [1.29, 1.82) is 0 Å². The molecule has 0 amide bonds. The number of hydrogen-bond acceptors (Lipinski definition) is 1. The molecule has 1 atom stereocenters. The van der Waals surface area contributed by atoms with Crippen LogP contribution >= 0.6 is 0 Å². The first-order valence-electron chi connectivity index (χ1n) is 5.13. The lowest BCUT2D eigenvalue weighted by atomic mass is 9.97. The number of halogens is 2. The van der Waals surface area contributed by atoms with Crippen LogP contribution in [0.3, 0.4) is 0 Å². The number of Topliss-reactive ketones (excluding diaryl/α,β-unsaturated/α-hetero) is 1. The SMILES string of the molecule is O=C1CCCC1Cc1ccc(F)c(F)c1. The van der Waals surface area contributed by atoms with Crippen molar-refractivity contribution >= 4 is 5.78 Å². The van der Waals surface area contributed by atoms with Gasteiger partial charge in [-0.3, -0.25) is 4.79 Å². The van der Waals surface area contributed by atoms with E-state index in [-0.39, 0.29) is 11.7 Å². The molecule has 1 aromatic carbocycles. The highest BCUT2D eigenvalue weighted by molar-refractivity contribution is 5.83. The van der Waals surface area contributed by atoms with Crippen molar-refractivity contribution < 1.29 is 13.6 Å². The molecule has 0 radical (unpaired) electrons. The van der Waals surface area contributed by atoms with Gasteiger partial charge in [-0.05, 0) is 37.0 Å². The van der Waals surface area contributed by atoms with Crippen molar-refractivity contribution in [2.24, 2.45) is 5.92 Å². The van der Waals surface area contributed by atoms with E-state index in [1.807, 2.05) is 0 Å². The van der Waals surface area contributed by atoms with E-state index in [1.165, 1.54) is 6.07 Å². The van der Waals surface area contributed by atoms with Crippen LogP contribution in [0.2, 0.25) is 0 Å². The maximum absolute atomic E-state index is 12.9. The van der Waals surface area contributed by atoms with E-state index in [0.29, 0.717) is 18.4 Å². The standard InChI is InChI=1S/C12H12F2O/c13-10-5-4-8(7-11(10)14)6-9-2-1-3-12(9)15/h4-5,7,9H,1-3,6H2. The molecule has 0 aliphatic heterocycles. The zero-order valence-electron chi connectivity index (χ0n) is 8.30. The zero-order chi connectivity index (χ0) is 10.8. The molecule has 0 heterocycles. The van der Waals surface area contributed by atoms with Gasteiger partial charge in [0.2, 0.25) is 0 Å². The van der Waals surface area contributed by atoms with E-state index < -0.39 is 11.6 Å². The molecule has 1 saturated carbocycles. The summed E-state index contributed by atoms with van der Waals surface area (Å²) < 4.78 is 25.5. The monoisotopic (exact) mass is 210 g/mol. The molecule has 1 aliphatic rings. The summed E-state index contributed by atoms with van der Waals surface area (Å²) in [4.78, 5) is 11.4. The molecule has 1 unspecified atom stereocenters. The summed E-state index contributed by atoms with van der Waals surface area (Å²) in [5.74, 6) is -1.41. The Morgan fingerprint density at radius 2 is 2.07 bits per heavy atom. The normalized spacial score (nSPS) is 20.9. The molecule has 80 valence electrons. The van der Waals surface area contributed by atoms with E-state index in [2.05, 4.69) is 0 Å². The third-order valence-electron chi connectivity index (χ3n) is 2.90. The molecule has 0 saturated heterocycles. The smallest absolute Gasteiger partial charge is 0.159 e. The van der Waals surface area contributed by atoms with Crippen LogP contribution in [0.5, 0.6) is 0 Å². The second-order valence-electron chi connectivity index (χ2n) is 4.01. The molecule has 0 bridgehead atoms. The molecule has 2 rings (SSSR count). The van der Waals surface area contributed by atoms with Crippen LogP contribution in [0.15, 0.2) is 18.2 Å². The summed E-state index contributed by atoms with van der Waals surface area (Å²) in [6, 6.07) is 3.84. The molecule has 0 N–H and O–H groups in total. The minimum absolute atomic E-state index is 0.00913. The lowest BCUT2D eigenvalue weighted by molar-refractivity contribution is -0.120. The van der Waals surface area contributed by atoms with Gasteiger partial charge in [-0.15, -0.1) is 0 Å². The highest BCUT2D eigenvalue weighted by Gasteiger charge is 2.24. The Hall–Kier alpha value is -1.25. The first kappa shape index (κ1) is 10.3. The van der Waals surface area contributed by atoms with Crippen molar-refractivity contribution in [1.82, 2.24) is 0 Å². The zero-order valence-corrected chi connectivity index (χ0v) is 8.30. The lowest BCUT2D eigenvalue weighted by Crippen LogP contribution is -2.09. The van der Waals surface area contributed by atoms with Crippen LogP contribution < -0.4 is 0 Å². The first-order chi connectivity index (χ1) is 7.16. The molecule has 1 aromatic rings. The quantitative estimate of drug-likeness (QED) is 0.733. The molecule has 0 spiro atoms. The van der Waals surface area contributed by atoms with Crippen LogP contribution in [0.1, 0.15) is 24.8 Å². The van der Waals surface area contributed by atoms with Crippen LogP contribution in [-0.2, 0) is 11.2 Å². The maximum Gasteiger partial charge on any atom is 0.159 e. The fourth-order valence-electron chi connectivity index (χ4n) is 2.05. The minimum atomic E-state index is -0.837.